The predicted octanol–water partition coefficient (Wildman–Crippen LogP) is 10.7. The largest absolute Gasteiger partial charge is 0.478 e. The van der Waals surface area contributed by atoms with Gasteiger partial charge in [-0.25, -0.2) is 0 Å². The fraction of sp³-hybridized carbons (Fsp3) is 0.278. The Morgan fingerprint density at radius 3 is 1.31 bits per heavy atom. The fourth-order valence-corrected chi connectivity index (χ4v) is 7.08. The molecule has 0 radical (unpaired) electrons. The highest BCUT2D eigenvalue weighted by molar-refractivity contribution is 9.28. The van der Waals surface area contributed by atoms with Crippen molar-refractivity contribution >= 4 is 63.7 Å². The van der Waals surface area contributed by atoms with Gasteiger partial charge in [0.15, 0.2) is 23.4 Å². The Morgan fingerprint density at radius 1 is 0.644 bits per heavy atom. The number of ether oxygens (including phenoxy) is 3. The van der Waals surface area contributed by atoms with Gasteiger partial charge < -0.3 is 14.2 Å². The third-order valence-corrected chi connectivity index (χ3v) is 9.33. The van der Waals surface area contributed by atoms with Gasteiger partial charge in [-0.1, -0.05) is 88.4 Å². The topological polar surface area (TPSA) is 75.3 Å². The van der Waals surface area contributed by atoms with Crippen molar-refractivity contribution in [1.82, 2.24) is 0 Å². The molecule has 2 aromatic carbocycles. The van der Waals surface area contributed by atoms with Crippen LogP contribution in [0, 0.1) is 33.5 Å². The van der Waals surface area contributed by atoms with E-state index >= 15 is 0 Å². The SMILES string of the molecule is CC1(C)C([C@@H](C#N)O[C@H](C#N)C2=CC=CC(C=C(Br)Br)(Oc3ccccc3)C2(C)C)=CC=CC1(C=C(Br)Br)Oc1ccccc1. The molecule has 0 saturated heterocycles. The monoisotopic (exact) mass is 856 g/mol. The van der Waals surface area contributed by atoms with E-state index in [1.807, 2.05) is 137 Å². The van der Waals surface area contributed by atoms with Crippen LogP contribution in [0.4, 0.5) is 0 Å². The molecule has 0 N–H and O–H groups in total. The molecule has 5 nitrogen and oxygen atoms in total. The molecule has 9 heteroatoms. The van der Waals surface area contributed by atoms with Gasteiger partial charge in [0.25, 0.3) is 0 Å². The predicted molar refractivity (Wildman–Crippen MR) is 193 cm³/mol. The molecule has 0 aromatic heterocycles. The van der Waals surface area contributed by atoms with Gasteiger partial charge in [0.05, 0.1) is 18.9 Å². The number of para-hydroxylation sites is 2. The number of allylic oxidation sites excluding steroid dienone is 4. The zero-order valence-electron chi connectivity index (χ0n) is 25.2. The molecule has 0 heterocycles. The third-order valence-electron chi connectivity index (χ3n) is 8.41. The summed E-state index contributed by atoms with van der Waals surface area (Å²) in [6.07, 6.45) is 13.1. The summed E-state index contributed by atoms with van der Waals surface area (Å²) in [5.74, 6) is 1.33. The van der Waals surface area contributed by atoms with Crippen molar-refractivity contribution in [3.63, 3.8) is 0 Å². The average Bonchev–Trinajstić information content (AvgIpc) is 2.98. The van der Waals surface area contributed by atoms with E-state index in [2.05, 4.69) is 75.9 Å². The second-order valence-electron chi connectivity index (χ2n) is 11.7. The van der Waals surface area contributed by atoms with Crippen molar-refractivity contribution < 1.29 is 14.2 Å². The molecular weight excluding hydrogens is 828 g/mol. The van der Waals surface area contributed by atoms with Crippen LogP contribution in [0.25, 0.3) is 0 Å². The van der Waals surface area contributed by atoms with E-state index in [-0.39, 0.29) is 0 Å². The minimum atomic E-state index is -1.07. The molecule has 4 atom stereocenters. The van der Waals surface area contributed by atoms with Gasteiger partial charge in [0.2, 0.25) is 0 Å². The number of benzene rings is 2. The van der Waals surface area contributed by atoms with Crippen molar-refractivity contribution in [2.75, 3.05) is 0 Å². The third kappa shape index (κ3) is 7.34. The first kappa shape index (κ1) is 35.2. The molecule has 2 aromatic rings. The molecule has 2 unspecified atom stereocenters. The van der Waals surface area contributed by atoms with Crippen molar-refractivity contribution in [2.45, 2.75) is 51.1 Å². The molecule has 0 saturated carbocycles. The van der Waals surface area contributed by atoms with Gasteiger partial charge >= 0.3 is 0 Å². The van der Waals surface area contributed by atoms with E-state index in [0.29, 0.717) is 29.4 Å². The van der Waals surface area contributed by atoms with Gasteiger partial charge in [-0.15, -0.1) is 0 Å². The van der Waals surface area contributed by atoms with Crippen LogP contribution >= 0.6 is 63.7 Å². The van der Waals surface area contributed by atoms with Crippen LogP contribution in [0.1, 0.15) is 27.7 Å². The first-order valence-electron chi connectivity index (χ1n) is 14.1. The second-order valence-corrected chi connectivity index (χ2v) is 17.2. The number of nitriles is 2. The van der Waals surface area contributed by atoms with E-state index < -0.39 is 34.2 Å². The molecular formula is C36H32Br4N2O3. The van der Waals surface area contributed by atoms with Crippen LogP contribution in [0.2, 0.25) is 0 Å². The lowest BCUT2D eigenvalue weighted by molar-refractivity contribution is 0.00897. The zero-order valence-corrected chi connectivity index (χ0v) is 31.5. The lowest BCUT2D eigenvalue weighted by atomic mass is 9.64. The van der Waals surface area contributed by atoms with Gasteiger partial charge in [-0.05, 0) is 123 Å². The molecule has 0 amide bonds. The minimum absolute atomic E-state index is 0.667. The van der Waals surface area contributed by atoms with Crippen LogP contribution in [0.3, 0.4) is 0 Å². The first-order chi connectivity index (χ1) is 21.3. The summed E-state index contributed by atoms with van der Waals surface area (Å²) >= 11 is 14.1. The molecule has 2 aliphatic carbocycles. The fourth-order valence-electron chi connectivity index (χ4n) is 5.72. The summed E-state index contributed by atoms with van der Waals surface area (Å²) in [5, 5.41) is 21.1. The molecule has 0 bridgehead atoms. The molecule has 0 spiro atoms. The molecule has 0 aliphatic heterocycles. The first-order valence-corrected chi connectivity index (χ1v) is 17.3. The van der Waals surface area contributed by atoms with Crippen LogP contribution in [-0.4, -0.2) is 23.4 Å². The number of hydrogen-bond donors (Lipinski definition) is 0. The molecule has 232 valence electrons. The van der Waals surface area contributed by atoms with E-state index in [9.17, 15) is 10.5 Å². The maximum atomic E-state index is 10.5. The lowest BCUT2D eigenvalue weighted by Gasteiger charge is -2.48. The van der Waals surface area contributed by atoms with Crippen molar-refractivity contribution in [2.24, 2.45) is 10.8 Å². The number of hydrogen-bond acceptors (Lipinski definition) is 5. The van der Waals surface area contributed by atoms with Crippen LogP contribution in [-0.2, 0) is 4.74 Å². The highest BCUT2D eigenvalue weighted by Gasteiger charge is 2.53. The molecule has 4 rings (SSSR count). The molecule has 0 fully saturated rings. The van der Waals surface area contributed by atoms with Crippen LogP contribution in [0.15, 0.2) is 127 Å². The van der Waals surface area contributed by atoms with Crippen molar-refractivity contribution in [1.29, 1.82) is 10.5 Å². The van der Waals surface area contributed by atoms with Crippen molar-refractivity contribution in [3.05, 3.63) is 127 Å². The zero-order chi connectivity index (χ0) is 32.9. The summed E-state index contributed by atoms with van der Waals surface area (Å²) in [7, 11) is 0. The Balaban J connectivity index is 1.72. The van der Waals surface area contributed by atoms with Crippen LogP contribution in [0.5, 0.6) is 11.5 Å². The average molecular weight is 860 g/mol. The number of nitrogens with zero attached hydrogens (tertiary/aromatic N) is 2. The van der Waals surface area contributed by atoms with E-state index in [1.165, 1.54) is 0 Å². The summed E-state index contributed by atoms with van der Waals surface area (Å²) in [6.45, 7) is 8.01. The minimum Gasteiger partial charge on any atom is -0.478 e. The second kappa shape index (κ2) is 14.4. The normalized spacial score (nSPS) is 24.0. The summed E-state index contributed by atoms with van der Waals surface area (Å²) in [4.78, 5) is 0. The number of halogens is 4. The van der Waals surface area contributed by atoms with Gasteiger partial charge in [-0.2, -0.15) is 10.5 Å². The van der Waals surface area contributed by atoms with Gasteiger partial charge in [-0.3, -0.25) is 0 Å². The van der Waals surface area contributed by atoms with Crippen molar-refractivity contribution in [3.8, 4) is 23.6 Å². The van der Waals surface area contributed by atoms with E-state index in [4.69, 9.17) is 14.2 Å². The Bertz CT molecular complexity index is 1530. The van der Waals surface area contributed by atoms with Gasteiger partial charge in [0, 0.05) is 10.8 Å². The standard InChI is InChI=1S/C36H32Br4N2O3/c1-33(2)27(17-11-19-35(33,21-31(37)38)44-25-13-7-5-8-14-25)29(23-41)43-30(24-42)28-18-12-20-36(22-32(39)40,34(28,3)4)45-26-15-9-6-10-16-26/h5-22,29-30H,1-4H3/t29-,30-,35?,36?/m1/s1. The smallest absolute Gasteiger partial charge is 0.168 e. The summed E-state index contributed by atoms with van der Waals surface area (Å²) in [6, 6.07) is 23.7. The molecule has 2 aliphatic rings. The number of rotatable bonds is 10. The Hall–Kier alpha value is -2.66. The Kier molecular flexibility index (Phi) is 11.3. The molecule has 45 heavy (non-hydrogen) atoms. The quantitative estimate of drug-likeness (QED) is 0.238. The highest BCUT2D eigenvalue weighted by atomic mass is 79.9. The Labute approximate surface area is 299 Å². The summed E-state index contributed by atoms with van der Waals surface area (Å²) < 4.78 is 21.1. The lowest BCUT2D eigenvalue weighted by Crippen LogP contribution is -2.53. The van der Waals surface area contributed by atoms with Gasteiger partial charge in [0.1, 0.15) is 11.5 Å². The Morgan fingerprint density at radius 2 is 1.00 bits per heavy atom. The maximum Gasteiger partial charge on any atom is 0.168 e. The summed E-state index contributed by atoms with van der Waals surface area (Å²) in [5.41, 5.74) is -2.24. The highest BCUT2D eigenvalue weighted by Crippen LogP contribution is 2.51. The maximum absolute atomic E-state index is 10.5. The van der Waals surface area contributed by atoms with E-state index in [0.717, 1.165) is 0 Å². The van der Waals surface area contributed by atoms with Crippen LogP contribution < -0.4 is 9.47 Å². The van der Waals surface area contributed by atoms with E-state index in [1.54, 1.807) is 0 Å².